The fraction of sp³-hybridized carbons (Fsp3) is 0.556. The van der Waals surface area contributed by atoms with Crippen molar-refractivity contribution in [1.29, 1.82) is 0 Å². The van der Waals surface area contributed by atoms with E-state index in [-0.39, 0.29) is 11.2 Å². The predicted octanol–water partition coefficient (Wildman–Crippen LogP) is 2.94. The normalized spacial score (nSPS) is 18.6. The molecule has 1 fully saturated rings. The Bertz CT molecular complexity index is 733. The van der Waals surface area contributed by atoms with E-state index in [4.69, 9.17) is 4.74 Å². The van der Waals surface area contributed by atoms with Crippen LogP contribution in [0.2, 0.25) is 0 Å². The molecule has 0 bridgehead atoms. The summed E-state index contributed by atoms with van der Waals surface area (Å²) in [6.07, 6.45) is 4.40. The van der Waals surface area contributed by atoms with Gasteiger partial charge in [-0.2, -0.15) is 4.68 Å². The fourth-order valence-corrected chi connectivity index (χ4v) is 4.17. The second-order valence-corrected chi connectivity index (χ2v) is 7.73. The fourth-order valence-electron chi connectivity index (χ4n) is 3.30. The van der Waals surface area contributed by atoms with Crippen LogP contribution in [0.4, 0.5) is 0 Å². The largest absolute Gasteiger partial charge is 0.497 e. The van der Waals surface area contributed by atoms with Crippen LogP contribution in [0.1, 0.15) is 39.5 Å². The topological polar surface area (TPSA) is 73.1 Å². The summed E-state index contributed by atoms with van der Waals surface area (Å²) in [5, 5.41) is 12.3. The number of likely N-dealkylation sites (tertiary alicyclic amines) is 1. The van der Waals surface area contributed by atoms with E-state index in [1.165, 1.54) is 18.2 Å². The maximum absolute atomic E-state index is 12.9. The van der Waals surface area contributed by atoms with Gasteiger partial charge in [-0.3, -0.25) is 4.79 Å². The number of hydrogen-bond acceptors (Lipinski definition) is 6. The molecule has 2 heterocycles. The van der Waals surface area contributed by atoms with Crippen LogP contribution in [-0.2, 0) is 4.79 Å². The molecule has 0 N–H and O–H groups in total. The van der Waals surface area contributed by atoms with Gasteiger partial charge in [-0.05, 0) is 67.3 Å². The third-order valence-corrected chi connectivity index (χ3v) is 5.79. The molecule has 1 aliphatic rings. The average Bonchev–Trinajstić information content (AvgIpc) is 3.15. The summed E-state index contributed by atoms with van der Waals surface area (Å²) in [7, 11) is 1.63. The first-order valence-corrected chi connectivity index (χ1v) is 9.92. The van der Waals surface area contributed by atoms with Crippen molar-refractivity contribution in [3.05, 3.63) is 24.3 Å². The molecule has 0 radical (unpaired) electrons. The number of nitrogens with zero attached hydrogens (tertiary/aromatic N) is 5. The average molecular weight is 375 g/mol. The Morgan fingerprint density at radius 3 is 2.81 bits per heavy atom. The monoisotopic (exact) mass is 375 g/mol. The van der Waals surface area contributed by atoms with Crippen LogP contribution in [0, 0.1) is 0 Å². The molecule has 2 atom stereocenters. The number of hydrogen-bond donors (Lipinski definition) is 0. The molecule has 1 aliphatic heterocycles. The quantitative estimate of drug-likeness (QED) is 0.723. The van der Waals surface area contributed by atoms with Crippen molar-refractivity contribution in [2.45, 2.75) is 56.0 Å². The third-order valence-electron chi connectivity index (χ3n) is 4.77. The highest BCUT2D eigenvalue weighted by Gasteiger charge is 2.30. The van der Waals surface area contributed by atoms with Gasteiger partial charge in [-0.1, -0.05) is 18.7 Å². The molecular formula is C18H25N5O2S. The summed E-state index contributed by atoms with van der Waals surface area (Å²) in [6, 6.07) is 7.86. The van der Waals surface area contributed by atoms with Gasteiger partial charge in [0.15, 0.2) is 0 Å². The van der Waals surface area contributed by atoms with Crippen molar-refractivity contribution >= 4 is 17.7 Å². The zero-order valence-corrected chi connectivity index (χ0v) is 16.3. The smallest absolute Gasteiger partial charge is 0.236 e. The maximum atomic E-state index is 12.9. The Hall–Kier alpha value is -2.09. The first kappa shape index (κ1) is 18.7. The van der Waals surface area contributed by atoms with Gasteiger partial charge in [-0.25, -0.2) is 0 Å². The predicted molar refractivity (Wildman–Crippen MR) is 101 cm³/mol. The highest BCUT2D eigenvalue weighted by molar-refractivity contribution is 8.00. The molecule has 140 valence electrons. The number of methoxy groups -OCH3 is 1. The number of tetrazole rings is 1. The molecule has 0 saturated carbocycles. The van der Waals surface area contributed by atoms with Crippen LogP contribution in [0.25, 0.3) is 5.69 Å². The molecular weight excluding hydrogens is 350 g/mol. The van der Waals surface area contributed by atoms with Crippen LogP contribution in [-0.4, -0.2) is 56.0 Å². The standard InChI is InChI=1S/C18H25N5O2S/c1-4-14-7-5-6-12-22(14)17(24)13(2)26-18-19-20-21-23(18)15-8-10-16(25-3)11-9-15/h8-11,13-14H,4-7,12H2,1-3H3. The van der Waals surface area contributed by atoms with Gasteiger partial charge in [0.05, 0.1) is 18.0 Å². The van der Waals surface area contributed by atoms with Crippen molar-refractivity contribution in [3.8, 4) is 11.4 Å². The van der Waals surface area contributed by atoms with Crippen LogP contribution in [0.15, 0.2) is 29.4 Å². The van der Waals surface area contributed by atoms with E-state index < -0.39 is 0 Å². The lowest BCUT2D eigenvalue weighted by Gasteiger charge is -2.36. The molecule has 1 amide bonds. The Morgan fingerprint density at radius 2 is 2.12 bits per heavy atom. The molecule has 1 aromatic carbocycles. The van der Waals surface area contributed by atoms with Crippen LogP contribution < -0.4 is 4.74 Å². The van der Waals surface area contributed by atoms with Gasteiger partial charge in [0, 0.05) is 12.6 Å². The molecule has 26 heavy (non-hydrogen) atoms. The number of benzene rings is 1. The number of amides is 1. The summed E-state index contributed by atoms with van der Waals surface area (Å²) in [6.45, 7) is 4.94. The summed E-state index contributed by atoms with van der Waals surface area (Å²) >= 11 is 1.40. The Kier molecular flexibility index (Phi) is 6.13. The van der Waals surface area contributed by atoms with Gasteiger partial charge >= 0.3 is 0 Å². The number of thioether (sulfide) groups is 1. The molecule has 2 unspecified atom stereocenters. The van der Waals surface area contributed by atoms with Crippen molar-refractivity contribution in [3.63, 3.8) is 0 Å². The number of carbonyl (C=O) groups excluding carboxylic acids is 1. The lowest BCUT2D eigenvalue weighted by Crippen LogP contribution is -2.46. The number of rotatable bonds is 6. The lowest BCUT2D eigenvalue weighted by molar-refractivity contribution is -0.134. The second-order valence-electron chi connectivity index (χ2n) is 6.42. The van der Waals surface area contributed by atoms with Crippen LogP contribution in [0.5, 0.6) is 5.75 Å². The van der Waals surface area contributed by atoms with E-state index in [0.29, 0.717) is 11.2 Å². The van der Waals surface area contributed by atoms with Crippen molar-refractivity contribution < 1.29 is 9.53 Å². The van der Waals surface area contributed by atoms with Crippen LogP contribution >= 0.6 is 11.8 Å². The Labute approximate surface area is 158 Å². The lowest BCUT2D eigenvalue weighted by atomic mass is 10.00. The number of carbonyl (C=O) groups is 1. The molecule has 7 nitrogen and oxygen atoms in total. The number of aromatic nitrogens is 4. The van der Waals surface area contributed by atoms with Gasteiger partial charge in [-0.15, -0.1) is 5.10 Å². The molecule has 8 heteroatoms. The van der Waals surface area contributed by atoms with E-state index >= 15 is 0 Å². The highest BCUT2D eigenvalue weighted by Crippen LogP contribution is 2.28. The minimum Gasteiger partial charge on any atom is -0.497 e. The molecule has 1 aromatic heterocycles. The minimum atomic E-state index is -0.231. The minimum absolute atomic E-state index is 0.172. The SMILES string of the molecule is CCC1CCCCN1C(=O)C(C)Sc1nnnn1-c1ccc(OC)cc1. The van der Waals surface area contributed by atoms with E-state index in [1.807, 2.05) is 36.1 Å². The van der Waals surface area contributed by atoms with Crippen LogP contribution in [0.3, 0.4) is 0 Å². The van der Waals surface area contributed by atoms with Crippen molar-refractivity contribution in [2.24, 2.45) is 0 Å². The number of ether oxygens (including phenoxy) is 1. The maximum Gasteiger partial charge on any atom is 0.236 e. The Balaban J connectivity index is 1.72. The molecule has 0 aliphatic carbocycles. The van der Waals surface area contributed by atoms with E-state index in [9.17, 15) is 4.79 Å². The summed E-state index contributed by atoms with van der Waals surface area (Å²) < 4.78 is 6.84. The first-order chi connectivity index (χ1) is 12.6. The highest BCUT2D eigenvalue weighted by atomic mass is 32.2. The summed E-state index contributed by atoms with van der Waals surface area (Å²) in [5.41, 5.74) is 0.836. The first-order valence-electron chi connectivity index (χ1n) is 9.04. The second kappa shape index (κ2) is 8.53. The number of piperidine rings is 1. The summed E-state index contributed by atoms with van der Waals surface area (Å²) in [5.74, 6) is 0.945. The molecule has 2 aromatic rings. The molecule has 1 saturated heterocycles. The Morgan fingerprint density at radius 1 is 1.35 bits per heavy atom. The van der Waals surface area contributed by atoms with Gasteiger partial charge in [0.25, 0.3) is 0 Å². The summed E-state index contributed by atoms with van der Waals surface area (Å²) in [4.78, 5) is 15.0. The van der Waals surface area contributed by atoms with E-state index in [2.05, 4.69) is 22.4 Å². The van der Waals surface area contributed by atoms with Gasteiger partial charge in [0.1, 0.15) is 5.75 Å². The van der Waals surface area contributed by atoms with E-state index in [1.54, 1.807) is 11.8 Å². The van der Waals surface area contributed by atoms with E-state index in [0.717, 1.165) is 37.2 Å². The van der Waals surface area contributed by atoms with Gasteiger partial charge < -0.3 is 9.64 Å². The zero-order chi connectivity index (χ0) is 18.5. The van der Waals surface area contributed by atoms with Crippen molar-refractivity contribution in [1.82, 2.24) is 25.1 Å². The third kappa shape index (κ3) is 4.00. The molecule has 0 spiro atoms. The molecule has 3 rings (SSSR count). The zero-order valence-electron chi connectivity index (χ0n) is 15.5. The van der Waals surface area contributed by atoms with Gasteiger partial charge in [0.2, 0.25) is 11.1 Å². The van der Waals surface area contributed by atoms with Crippen molar-refractivity contribution in [2.75, 3.05) is 13.7 Å².